The van der Waals surface area contributed by atoms with Gasteiger partial charge in [0.15, 0.2) is 6.61 Å². The van der Waals surface area contributed by atoms with E-state index in [1.165, 1.54) is 16.7 Å². The van der Waals surface area contributed by atoms with Gasteiger partial charge in [0.2, 0.25) is 0 Å². The second-order valence-electron chi connectivity index (χ2n) is 7.77. The average molecular weight is 337 g/mol. The van der Waals surface area contributed by atoms with Crippen LogP contribution >= 0.6 is 0 Å². The molecule has 0 radical (unpaired) electrons. The lowest BCUT2D eigenvalue weighted by Gasteiger charge is -2.26. The minimum absolute atomic E-state index is 0.0491. The molecule has 0 aliphatic heterocycles. The van der Waals surface area contributed by atoms with E-state index in [1.54, 1.807) is 0 Å². The maximum atomic E-state index is 12.3. The second kappa shape index (κ2) is 7.30. The van der Waals surface area contributed by atoms with Crippen LogP contribution in [0, 0.1) is 0 Å². The number of rotatable bonds is 4. The molecule has 3 rings (SSSR count). The summed E-state index contributed by atoms with van der Waals surface area (Å²) in [5.41, 5.74) is 3.96. The summed E-state index contributed by atoms with van der Waals surface area (Å²) in [6.45, 7) is 6.59. The fourth-order valence-corrected chi connectivity index (χ4v) is 3.34. The highest BCUT2D eigenvalue weighted by molar-refractivity contribution is 5.78. The lowest BCUT2D eigenvalue weighted by molar-refractivity contribution is -0.123. The molecule has 0 saturated heterocycles. The molecule has 0 heterocycles. The van der Waals surface area contributed by atoms with Gasteiger partial charge < -0.3 is 10.1 Å². The van der Waals surface area contributed by atoms with Gasteiger partial charge in [0, 0.05) is 0 Å². The van der Waals surface area contributed by atoms with Crippen LogP contribution in [0.4, 0.5) is 0 Å². The molecule has 1 unspecified atom stereocenters. The van der Waals surface area contributed by atoms with Crippen LogP contribution in [0.5, 0.6) is 5.75 Å². The second-order valence-corrected chi connectivity index (χ2v) is 7.77. The largest absolute Gasteiger partial charge is 0.484 e. The Morgan fingerprint density at radius 3 is 2.56 bits per heavy atom. The molecule has 132 valence electrons. The third kappa shape index (κ3) is 4.41. The summed E-state index contributed by atoms with van der Waals surface area (Å²) < 4.78 is 5.65. The summed E-state index contributed by atoms with van der Waals surface area (Å²) in [4.78, 5) is 12.3. The first-order valence-corrected chi connectivity index (χ1v) is 9.04. The van der Waals surface area contributed by atoms with Gasteiger partial charge in [-0.1, -0.05) is 57.2 Å². The Hall–Kier alpha value is -2.29. The smallest absolute Gasteiger partial charge is 0.258 e. The molecule has 0 fully saturated rings. The molecule has 0 spiro atoms. The van der Waals surface area contributed by atoms with Gasteiger partial charge in [-0.05, 0) is 53.5 Å². The topological polar surface area (TPSA) is 38.3 Å². The Morgan fingerprint density at radius 2 is 1.84 bits per heavy atom. The zero-order valence-corrected chi connectivity index (χ0v) is 15.3. The number of ether oxygens (including phenoxy) is 1. The Balaban J connectivity index is 1.55. The lowest BCUT2D eigenvalue weighted by Crippen LogP contribution is -2.34. The molecule has 0 saturated carbocycles. The Labute approximate surface area is 150 Å². The number of amides is 1. The summed E-state index contributed by atoms with van der Waals surface area (Å²) in [7, 11) is 0. The summed E-state index contributed by atoms with van der Waals surface area (Å²) in [5, 5.41) is 3.12. The molecule has 1 N–H and O–H groups in total. The van der Waals surface area contributed by atoms with Crippen LogP contribution in [0.25, 0.3) is 0 Å². The number of hydrogen-bond acceptors (Lipinski definition) is 2. The fraction of sp³-hybridized carbons (Fsp3) is 0.409. The molecular weight excluding hydrogens is 310 g/mol. The van der Waals surface area contributed by atoms with Crippen LogP contribution < -0.4 is 10.1 Å². The van der Waals surface area contributed by atoms with E-state index < -0.39 is 0 Å². The van der Waals surface area contributed by atoms with Crippen molar-refractivity contribution in [2.24, 2.45) is 0 Å². The van der Waals surface area contributed by atoms with Crippen LogP contribution in [0.1, 0.15) is 56.3 Å². The molecule has 3 nitrogen and oxygen atoms in total. The number of aryl methyl sites for hydroxylation is 1. The molecule has 3 heteroatoms. The van der Waals surface area contributed by atoms with E-state index >= 15 is 0 Å². The third-order valence-corrected chi connectivity index (χ3v) is 4.79. The predicted octanol–water partition coefficient (Wildman–Crippen LogP) is 4.56. The Kier molecular flexibility index (Phi) is 5.12. The maximum Gasteiger partial charge on any atom is 0.258 e. The molecule has 1 atom stereocenters. The van der Waals surface area contributed by atoms with E-state index in [0.717, 1.165) is 25.0 Å². The highest BCUT2D eigenvalue weighted by atomic mass is 16.5. The number of fused-ring (bicyclic) bond motifs is 1. The number of nitrogens with one attached hydrogen (secondary N) is 1. The van der Waals surface area contributed by atoms with Crippen molar-refractivity contribution < 1.29 is 9.53 Å². The van der Waals surface area contributed by atoms with Crippen molar-refractivity contribution >= 4 is 5.91 Å². The van der Waals surface area contributed by atoms with E-state index in [2.05, 4.69) is 56.4 Å². The number of benzene rings is 2. The van der Waals surface area contributed by atoms with Crippen molar-refractivity contribution in [1.82, 2.24) is 5.32 Å². The molecule has 1 aliphatic carbocycles. The van der Waals surface area contributed by atoms with Crippen LogP contribution in [-0.2, 0) is 16.6 Å². The first kappa shape index (κ1) is 17.5. The number of carbonyl (C=O) groups excluding carboxylic acids is 1. The van der Waals surface area contributed by atoms with Crippen molar-refractivity contribution in [1.29, 1.82) is 0 Å². The molecule has 0 bridgehead atoms. The van der Waals surface area contributed by atoms with Gasteiger partial charge in [0.05, 0.1) is 6.04 Å². The molecule has 0 aromatic heterocycles. The Bertz CT molecular complexity index is 728. The fourth-order valence-electron chi connectivity index (χ4n) is 3.34. The molecule has 1 amide bonds. The van der Waals surface area contributed by atoms with E-state index in [-0.39, 0.29) is 24.0 Å². The maximum absolute atomic E-state index is 12.3. The van der Waals surface area contributed by atoms with Gasteiger partial charge >= 0.3 is 0 Å². The number of carbonyl (C=O) groups is 1. The van der Waals surface area contributed by atoms with Crippen molar-refractivity contribution in [3.63, 3.8) is 0 Å². The summed E-state index contributed by atoms with van der Waals surface area (Å²) in [5.74, 6) is 0.661. The molecule has 1 aliphatic rings. The van der Waals surface area contributed by atoms with Crippen molar-refractivity contribution in [3.8, 4) is 5.75 Å². The lowest BCUT2D eigenvalue weighted by atomic mass is 9.87. The summed E-state index contributed by atoms with van der Waals surface area (Å²) in [6, 6.07) is 16.5. The Morgan fingerprint density at radius 1 is 1.12 bits per heavy atom. The van der Waals surface area contributed by atoms with Crippen LogP contribution in [-0.4, -0.2) is 12.5 Å². The van der Waals surface area contributed by atoms with Crippen molar-refractivity contribution in [2.45, 2.75) is 51.5 Å². The average Bonchev–Trinajstić information content (AvgIpc) is 2.60. The zero-order valence-electron chi connectivity index (χ0n) is 15.3. The SMILES string of the molecule is CC(C)(C)c1ccc(OCC(=O)NC2CCCc3ccccc32)cc1. The molecular formula is C22H27NO2. The predicted molar refractivity (Wildman–Crippen MR) is 101 cm³/mol. The van der Waals surface area contributed by atoms with Crippen LogP contribution in [0.3, 0.4) is 0 Å². The highest BCUT2D eigenvalue weighted by Crippen LogP contribution is 2.29. The van der Waals surface area contributed by atoms with Gasteiger partial charge in [0.1, 0.15) is 5.75 Å². The van der Waals surface area contributed by atoms with E-state index in [1.807, 2.05) is 18.2 Å². The van der Waals surface area contributed by atoms with Gasteiger partial charge in [-0.3, -0.25) is 4.79 Å². The normalized spacial score (nSPS) is 16.8. The third-order valence-electron chi connectivity index (χ3n) is 4.79. The quantitative estimate of drug-likeness (QED) is 0.888. The van der Waals surface area contributed by atoms with E-state index in [9.17, 15) is 4.79 Å². The van der Waals surface area contributed by atoms with E-state index in [0.29, 0.717) is 0 Å². The monoisotopic (exact) mass is 337 g/mol. The number of hydrogen-bond donors (Lipinski definition) is 1. The van der Waals surface area contributed by atoms with Gasteiger partial charge in [-0.25, -0.2) is 0 Å². The van der Waals surface area contributed by atoms with Gasteiger partial charge in [0.25, 0.3) is 5.91 Å². The molecule has 2 aromatic carbocycles. The standard InChI is InChI=1S/C22H27NO2/c1-22(2,3)17-11-13-18(14-12-17)25-15-21(24)23-20-10-6-8-16-7-4-5-9-19(16)20/h4-5,7,9,11-14,20H,6,8,10,15H2,1-3H3,(H,23,24). The van der Waals surface area contributed by atoms with Gasteiger partial charge in [-0.2, -0.15) is 0 Å². The first-order chi connectivity index (χ1) is 11.9. The first-order valence-electron chi connectivity index (χ1n) is 9.04. The van der Waals surface area contributed by atoms with Crippen LogP contribution in [0.15, 0.2) is 48.5 Å². The molecule has 25 heavy (non-hydrogen) atoms. The van der Waals surface area contributed by atoms with Crippen molar-refractivity contribution in [3.05, 3.63) is 65.2 Å². The summed E-state index contributed by atoms with van der Waals surface area (Å²) >= 11 is 0. The van der Waals surface area contributed by atoms with E-state index in [4.69, 9.17) is 4.74 Å². The molecule has 2 aromatic rings. The minimum atomic E-state index is -0.0680. The van der Waals surface area contributed by atoms with Gasteiger partial charge in [-0.15, -0.1) is 0 Å². The van der Waals surface area contributed by atoms with Crippen molar-refractivity contribution in [2.75, 3.05) is 6.61 Å². The minimum Gasteiger partial charge on any atom is -0.484 e. The summed E-state index contributed by atoms with van der Waals surface area (Å²) in [6.07, 6.45) is 3.19. The highest BCUT2D eigenvalue weighted by Gasteiger charge is 2.21. The zero-order chi connectivity index (χ0) is 17.9. The van der Waals surface area contributed by atoms with Crippen LogP contribution in [0.2, 0.25) is 0 Å².